The van der Waals surface area contributed by atoms with Gasteiger partial charge in [0.15, 0.2) is 0 Å². The summed E-state index contributed by atoms with van der Waals surface area (Å²) in [6, 6.07) is 3.00. The second-order valence-corrected chi connectivity index (χ2v) is 5.82. The van der Waals surface area contributed by atoms with Crippen molar-refractivity contribution >= 4 is 23.4 Å². The highest BCUT2D eigenvalue weighted by Crippen LogP contribution is 2.35. The number of primary amides is 1. The van der Waals surface area contributed by atoms with E-state index >= 15 is 0 Å². The SMILES string of the molecule is C[C@@H]1CN(C(=O)c2ccc(Cl)cc2C(F)(F)F)C[C@H]1C(N)=O. The van der Waals surface area contributed by atoms with Gasteiger partial charge >= 0.3 is 6.18 Å². The maximum absolute atomic E-state index is 13.1. The fourth-order valence-corrected chi connectivity index (χ4v) is 2.78. The molecule has 2 rings (SSSR count). The number of alkyl halides is 3. The molecule has 0 bridgehead atoms. The Morgan fingerprint density at radius 2 is 1.95 bits per heavy atom. The minimum Gasteiger partial charge on any atom is -0.369 e. The first-order valence-corrected chi connectivity index (χ1v) is 6.94. The van der Waals surface area contributed by atoms with E-state index in [4.69, 9.17) is 17.3 Å². The topological polar surface area (TPSA) is 63.4 Å². The van der Waals surface area contributed by atoms with E-state index in [1.54, 1.807) is 6.92 Å². The minimum atomic E-state index is -4.69. The van der Waals surface area contributed by atoms with Crippen molar-refractivity contribution in [3.63, 3.8) is 0 Å². The lowest BCUT2D eigenvalue weighted by molar-refractivity contribution is -0.138. The molecule has 0 unspecified atom stereocenters. The minimum absolute atomic E-state index is 0.0231. The number of benzene rings is 1. The average molecular weight is 335 g/mol. The van der Waals surface area contributed by atoms with Crippen LogP contribution in [0, 0.1) is 11.8 Å². The number of nitrogens with zero attached hydrogens (tertiary/aromatic N) is 1. The van der Waals surface area contributed by atoms with E-state index in [2.05, 4.69) is 0 Å². The van der Waals surface area contributed by atoms with Gasteiger partial charge < -0.3 is 10.6 Å². The first kappa shape index (κ1) is 16.6. The van der Waals surface area contributed by atoms with Crippen molar-refractivity contribution in [2.75, 3.05) is 13.1 Å². The van der Waals surface area contributed by atoms with Gasteiger partial charge in [-0.3, -0.25) is 9.59 Å². The lowest BCUT2D eigenvalue weighted by Crippen LogP contribution is -2.33. The van der Waals surface area contributed by atoms with E-state index in [9.17, 15) is 22.8 Å². The van der Waals surface area contributed by atoms with Crippen LogP contribution in [0.25, 0.3) is 0 Å². The number of halogens is 4. The predicted octanol–water partition coefficient (Wildman–Crippen LogP) is 2.55. The Balaban J connectivity index is 2.33. The third-order valence-corrected chi connectivity index (χ3v) is 4.02. The number of carbonyl (C=O) groups is 2. The van der Waals surface area contributed by atoms with Gasteiger partial charge in [0, 0.05) is 18.1 Å². The number of carbonyl (C=O) groups excluding carboxylic acids is 2. The first-order valence-electron chi connectivity index (χ1n) is 6.56. The highest BCUT2D eigenvalue weighted by Gasteiger charge is 2.40. The summed E-state index contributed by atoms with van der Waals surface area (Å²) in [5, 5.41) is -0.103. The van der Waals surface area contributed by atoms with Crippen LogP contribution in [0.15, 0.2) is 18.2 Å². The van der Waals surface area contributed by atoms with Crippen molar-refractivity contribution in [3.05, 3.63) is 34.3 Å². The summed E-state index contributed by atoms with van der Waals surface area (Å²) >= 11 is 5.59. The van der Waals surface area contributed by atoms with Crippen LogP contribution in [-0.4, -0.2) is 29.8 Å². The molecule has 1 aromatic carbocycles. The van der Waals surface area contributed by atoms with Crippen molar-refractivity contribution in [1.82, 2.24) is 4.90 Å². The molecule has 0 aliphatic carbocycles. The number of hydrogen-bond acceptors (Lipinski definition) is 2. The van der Waals surface area contributed by atoms with Crippen LogP contribution >= 0.6 is 11.6 Å². The van der Waals surface area contributed by atoms with E-state index in [1.165, 1.54) is 11.0 Å². The molecule has 22 heavy (non-hydrogen) atoms. The van der Waals surface area contributed by atoms with Gasteiger partial charge in [0.25, 0.3) is 5.91 Å². The summed E-state index contributed by atoms with van der Waals surface area (Å²) < 4.78 is 39.2. The molecule has 120 valence electrons. The maximum atomic E-state index is 13.1. The highest BCUT2D eigenvalue weighted by molar-refractivity contribution is 6.30. The van der Waals surface area contributed by atoms with Gasteiger partial charge in [-0.15, -0.1) is 0 Å². The Hall–Kier alpha value is -1.76. The normalized spacial score (nSPS) is 22.0. The number of hydrogen-bond donors (Lipinski definition) is 1. The average Bonchev–Trinajstić information content (AvgIpc) is 2.79. The zero-order valence-electron chi connectivity index (χ0n) is 11.7. The Bertz CT molecular complexity index is 619. The molecule has 8 heteroatoms. The van der Waals surface area contributed by atoms with E-state index in [1.807, 2.05) is 0 Å². The molecule has 0 saturated carbocycles. The van der Waals surface area contributed by atoms with Crippen molar-refractivity contribution in [2.24, 2.45) is 17.6 Å². The lowest BCUT2D eigenvalue weighted by Gasteiger charge is -2.19. The Morgan fingerprint density at radius 1 is 1.32 bits per heavy atom. The van der Waals surface area contributed by atoms with Gasteiger partial charge in [-0.2, -0.15) is 13.2 Å². The number of amides is 2. The second kappa shape index (κ2) is 5.79. The van der Waals surface area contributed by atoms with Gasteiger partial charge in [-0.05, 0) is 24.1 Å². The molecule has 1 aromatic rings. The van der Waals surface area contributed by atoms with E-state index in [-0.39, 0.29) is 24.0 Å². The Labute approximate surface area is 130 Å². The van der Waals surface area contributed by atoms with E-state index < -0.39 is 35.0 Å². The van der Waals surface area contributed by atoms with Crippen LogP contribution in [0.4, 0.5) is 13.2 Å². The quantitative estimate of drug-likeness (QED) is 0.903. The van der Waals surface area contributed by atoms with Crippen molar-refractivity contribution < 1.29 is 22.8 Å². The van der Waals surface area contributed by atoms with E-state index in [0.717, 1.165) is 12.1 Å². The molecule has 4 nitrogen and oxygen atoms in total. The standard InChI is InChI=1S/C14H14ClF3N2O2/c1-7-5-20(6-10(7)12(19)21)13(22)9-3-2-8(15)4-11(9)14(16,17)18/h2-4,7,10H,5-6H2,1H3,(H2,19,21)/t7-,10-/m1/s1. The summed E-state index contributed by atoms with van der Waals surface area (Å²) in [5.41, 5.74) is 3.67. The number of nitrogens with two attached hydrogens (primary N) is 1. The molecule has 1 heterocycles. The Morgan fingerprint density at radius 3 is 2.45 bits per heavy atom. The maximum Gasteiger partial charge on any atom is 0.417 e. The first-order chi connectivity index (χ1) is 10.1. The molecule has 1 saturated heterocycles. The molecule has 2 N–H and O–H groups in total. The van der Waals surface area contributed by atoms with Gasteiger partial charge in [-0.1, -0.05) is 18.5 Å². The summed E-state index contributed by atoms with van der Waals surface area (Å²) in [5.74, 6) is -2.08. The smallest absolute Gasteiger partial charge is 0.369 e. The number of likely N-dealkylation sites (tertiary alicyclic amines) is 1. The van der Waals surface area contributed by atoms with Gasteiger partial charge in [0.05, 0.1) is 17.0 Å². The van der Waals surface area contributed by atoms with Crippen molar-refractivity contribution in [3.8, 4) is 0 Å². The summed E-state index contributed by atoms with van der Waals surface area (Å²) in [7, 11) is 0. The number of rotatable bonds is 2. The summed E-state index contributed by atoms with van der Waals surface area (Å²) in [6.07, 6.45) is -4.69. The zero-order chi connectivity index (χ0) is 16.7. The third-order valence-electron chi connectivity index (χ3n) is 3.78. The zero-order valence-corrected chi connectivity index (χ0v) is 12.4. The van der Waals surface area contributed by atoms with Gasteiger partial charge in [-0.25, -0.2) is 0 Å². The molecular weight excluding hydrogens is 321 g/mol. The molecular formula is C14H14ClF3N2O2. The third kappa shape index (κ3) is 3.19. The van der Waals surface area contributed by atoms with Crippen LogP contribution in [-0.2, 0) is 11.0 Å². The van der Waals surface area contributed by atoms with Crippen LogP contribution in [0.5, 0.6) is 0 Å². The fourth-order valence-electron chi connectivity index (χ4n) is 2.61. The molecule has 2 atom stereocenters. The van der Waals surface area contributed by atoms with Gasteiger partial charge in [0.1, 0.15) is 0 Å². The summed E-state index contributed by atoms with van der Waals surface area (Å²) in [6.45, 7) is 1.94. The monoisotopic (exact) mass is 334 g/mol. The van der Waals surface area contributed by atoms with E-state index in [0.29, 0.717) is 0 Å². The molecule has 2 amide bonds. The summed E-state index contributed by atoms with van der Waals surface area (Å²) in [4.78, 5) is 24.9. The lowest BCUT2D eigenvalue weighted by atomic mass is 9.98. The molecule has 0 aromatic heterocycles. The Kier molecular flexibility index (Phi) is 4.37. The van der Waals surface area contributed by atoms with Crippen LogP contribution in [0.1, 0.15) is 22.8 Å². The fraction of sp³-hybridized carbons (Fsp3) is 0.429. The van der Waals surface area contributed by atoms with Gasteiger partial charge in [0.2, 0.25) is 5.91 Å². The molecule has 1 aliphatic heterocycles. The molecule has 1 fully saturated rings. The van der Waals surface area contributed by atoms with Crippen LogP contribution < -0.4 is 5.73 Å². The molecule has 0 radical (unpaired) electrons. The van der Waals surface area contributed by atoms with Crippen molar-refractivity contribution in [2.45, 2.75) is 13.1 Å². The highest BCUT2D eigenvalue weighted by atomic mass is 35.5. The largest absolute Gasteiger partial charge is 0.417 e. The van der Waals surface area contributed by atoms with Crippen molar-refractivity contribution in [1.29, 1.82) is 0 Å². The molecule has 0 spiro atoms. The predicted molar refractivity (Wildman–Crippen MR) is 74.2 cm³/mol. The molecule has 1 aliphatic rings. The second-order valence-electron chi connectivity index (χ2n) is 5.38. The van der Waals surface area contributed by atoms with Crippen LogP contribution in [0.2, 0.25) is 5.02 Å². The van der Waals surface area contributed by atoms with Crippen LogP contribution in [0.3, 0.4) is 0 Å².